The van der Waals surface area contributed by atoms with Gasteiger partial charge in [0.05, 0.1) is 11.7 Å². The molecular weight excluding hydrogens is 288 g/mol. The lowest BCUT2D eigenvalue weighted by Gasteiger charge is -2.28. The molecule has 0 fully saturated rings. The second-order valence-electron chi connectivity index (χ2n) is 6.49. The van der Waals surface area contributed by atoms with E-state index >= 15 is 0 Å². The van der Waals surface area contributed by atoms with Crippen molar-refractivity contribution in [1.82, 2.24) is 10.5 Å². The van der Waals surface area contributed by atoms with Crippen LogP contribution in [-0.2, 0) is 12.8 Å². The summed E-state index contributed by atoms with van der Waals surface area (Å²) in [6.07, 6.45) is 6.35. The molecule has 0 spiro atoms. The lowest BCUT2D eigenvalue weighted by atomic mass is 9.84. The van der Waals surface area contributed by atoms with Crippen molar-refractivity contribution in [3.8, 4) is 0 Å². The summed E-state index contributed by atoms with van der Waals surface area (Å²) in [6.45, 7) is 6.34. The highest BCUT2D eigenvalue weighted by Crippen LogP contribution is 2.33. The number of nitrogens with one attached hydrogen (secondary N) is 1. The maximum absolute atomic E-state index is 12.6. The van der Waals surface area contributed by atoms with E-state index in [1.165, 1.54) is 28.5 Å². The van der Waals surface area contributed by atoms with E-state index in [9.17, 15) is 4.79 Å². The van der Waals surface area contributed by atoms with Crippen LogP contribution in [-0.4, -0.2) is 11.1 Å². The van der Waals surface area contributed by atoms with Crippen LogP contribution in [0, 0.1) is 13.8 Å². The molecule has 0 saturated carbocycles. The first-order chi connectivity index (χ1) is 11.1. The molecule has 3 rings (SSSR count). The van der Waals surface area contributed by atoms with E-state index < -0.39 is 0 Å². The standard InChI is InChI=1S/C19H24N2O2/c1-4-6-18-16(11-23-21-18)19(22)20-17-8-5-7-14-13(3)9-12(2)10-15(14)17/h9-11,17H,4-8H2,1-3H3,(H,20,22)/t17-/m1/s1. The van der Waals surface area contributed by atoms with E-state index in [0.717, 1.165) is 37.8 Å². The molecule has 0 unspecified atom stereocenters. The summed E-state index contributed by atoms with van der Waals surface area (Å²) in [5, 5.41) is 7.15. The molecule has 23 heavy (non-hydrogen) atoms. The quantitative estimate of drug-likeness (QED) is 0.926. The molecule has 1 amide bonds. The van der Waals surface area contributed by atoms with Crippen LogP contribution in [0.15, 0.2) is 22.9 Å². The minimum atomic E-state index is -0.0771. The Morgan fingerprint density at radius 1 is 1.39 bits per heavy atom. The zero-order valence-electron chi connectivity index (χ0n) is 14.1. The van der Waals surface area contributed by atoms with Crippen LogP contribution in [0.25, 0.3) is 0 Å². The number of fused-ring (bicyclic) bond motifs is 1. The SMILES string of the molecule is CCCc1nocc1C(=O)N[C@@H]1CCCc2c(C)cc(C)cc21. The average molecular weight is 312 g/mol. The summed E-state index contributed by atoms with van der Waals surface area (Å²) in [5.41, 5.74) is 6.57. The Morgan fingerprint density at radius 2 is 2.22 bits per heavy atom. The largest absolute Gasteiger partial charge is 0.364 e. The molecule has 0 aliphatic heterocycles. The number of nitrogens with zero attached hydrogens (tertiary/aromatic N) is 1. The van der Waals surface area contributed by atoms with Gasteiger partial charge in [-0.15, -0.1) is 0 Å². The van der Waals surface area contributed by atoms with Gasteiger partial charge in [-0.3, -0.25) is 4.79 Å². The highest BCUT2D eigenvalue weighted by atomic mass is 16.5. The summed E-state index contributed by atoms with van der Waals surface area (Å²) in [7, 11) is 0. The Kier molecular flexibility index (Phi) is 4.51. The minimum Gasteiger partial charge on any atom is -0.364 e. The van der Waals surface area contributed by atoms with Crippen LogP contribution in [0.5, 0.6) is 0 Å². The molecule has 1 aliphatic carbocycles. The number of carbonyl (C=O) groups excluding carboxylic acids is 1. The summed E-state index contributed by atoms with van der Waals surface area (Å²) >= 11 is 0. The second kappa shape index (κ2) is 6.57. The number of carbonyl (C=O) groups is 1. The molecule has 1 atom stereocenters. The third kappa shape index (κ3) is 3.16. The first-order valence-corrected chi connectivity index (χ1v) is 8.44. The monoisotopic (exact) mass is 312 g/mol. The van der Waals surface area contributed by atoms with Crippen LogP contribution in [0.1, 0.15) is 70.5 Å². The summed E-state index contributed by atoms with van der Waals surface area (Å²) in [4.78, 5) is 12.6. The van der Waals surface area contributed by atoms with Crippen molar-refractivity contribution in [2.75, 3.05) is 0 Å². The summed E-state index contributed by atoms with van der Waals surface area (Å²) in [6, 6.07) is 4.52. The van der Waals surface area contributed by atoms with Gasteiger partial charge < -0.3 is 9.84 Å². The molecule has 0 radical (unpaired) electrons. The van der Waals surface area contributed by atoms with Crippen molar-refractivity contribution in [1.29, 1.82) is 0 Å². The van der Waals surface area contributed by atoms with Crippen molar-refractivity contribution in [2.24, 2.45) is 0 Å². The topological polar surface area (TPSA) is 55.1 Å². The van der Waals surface area contributed by atoms with Gasteiger partial charge in [0, 0.05) is 0 Å². The van der Waals surface area contributed by atoms with Gasteiger partial charge in [0.25, 0.3) is 5.91 Å². The molecule has 0 bridgehead atoms. The van der Waals surface area contributed by atoms with E-state index in [0.29, 0.717) is 5.56 Å². The van der Waals surface area contributed by atoms with Crippen molar-refractivity contribution in [3.05, 3.63) is 51.9 Å². The first kappa shape index (κ1) is 15.8. The Balaban J connectivity index is 1.84. The molecule has 4 heteroatoms. The molecule has 1 aromatic heterocycles. The number of hydrogen-bond acceptors (Lipinski definition) is 3. The van der Waals surface area contributed by atoms with Gasteiger partial charge in [-0.2, -0.15) is 0 Å². The van der Waals surface area contributed by atoms with Crippen molar-refractivity contribution < 1.29 is 9.32 Å². The highest BCUT2D eigenvalue weighted by Gasteiger charge is 2.25. The Morgan fingerprint density at radius 3 is 3.00 bits per heavy atom. The number of aromatic nitrogens is 1. The Labute approximate surface area is 137 Å². The first-order valence-electron chi connectivity index (χ1n) is 8.44. The molecular formula is C19H24N2O2. The lowest BCUT2D eigenvalue weighted by molar-refractivity contribution is 0.0931. The summed E-state index contributed by atoms with van der Waals surface area (Å²) < 4.78 is 5.01. The zero-order valence-corrected chi connectivity index (χ0v) is 14.1. The highest BCUT2D eigenvalue weighted by molar-refractivity contribution is 5.95. The van der Waals surface area contributed by atoms with E-state index in [4.69, 9.17) is 4.52 Å². The van der Waals surface area contributed by atoms with Gasteiger partial charge in [0.1, 0.15) is 11.8 Å². The van der Waals surface area contributed by atoms with Gasteiger partial charge in [0.15, 0.2) is 0 Å². The fraction of sp³-hybridized carbons (Fsp3) is 0.474. The normalized spacial score (nSPS) is 16.9. The molecule has 4 nitrogen and oxygen atoms in total. The van der Waals surface area contributed by atoms with Gasteiger partial charge in [-0.05, 0) is 56.2 Å². The molecule has 1 aromatic carbocycles. The Bertz CT molecular complexity index is 718. The van der Waals surface area contributed by atoms with Crippen LogP contribution >= 0.6 is 0 Å². The lowest BCUT2D eigenvalue weighted by Crippen LogP contribution is -2.31. The van der Waals surface area contributed by atoms with Crippen molar-refractivity contribution >= 4 is 5.91 Å². The molecule has 2 aromatic rings. The average Bonchev–Trinajstić information content (AvgIpc) is 2.97. The predicted octanol–water partition coefficient (Wildman–Crippen LogP) is 4.05. The molecule has 122 valence electrons. The second-order valence-corrected chi connectivity index (χ2v) is 6.49. The zero-order chi connectivity index (χ0) is 16.4. The third-order valence-electron chi connectivity index (χ3n) is 4.63. The van der Waals surface area contributed by atoms with E-state index in [-0.39, 0.29) is 11.9 Å². The van der Waals surface area contributed by atoms with Crippen LogP contribution < -0.4 is 5.32 Å². The van der Waals surface area contributed by atoms with Crippen LogP contribution in [0.3, 0.4) is 0 Å². The van der Waals surface area contributed by atoms with Gasteiger partial charge >= 0.3 is 0 Å². The van der Waals surface area contributed by atoms with Crippen molar-refractivity contribution in [2.45, 2.75) is 58.9 Å². The number of amides is 1. The number of hydrogen-bond donors (Lipinski definition) is 1. The molecule has 1 aliphatic rings. The number of benzene rings is 1. The van der Waals surface area contributed by atoms with Gasteiger partial charge in [0.2, 0.25) is 0 Å². The smallest absolute Gasteiger partial charge is 0.257 e. The van der Waals surface area contributed by atoms with E-state index in [1.807, 2.05) is 0 Å². The number of rotatable bonds is 4. The Hall–Kier alpha value is -2.10. The predicted molar refractivity (Wildman–Crippen MR) is 89.6 cm³/mol. The minimum absolute atomic E-state index is 0.0771. The fourth-order valence-electron chi connectivity index (χ4n) is 3.57. The molecule has 1 heterocycles. The van der Waals surface area contributed by atoms with Crippen LogP contribution in [0.4, 0.5) is 0 Å². The van der Waals surface area contributed by atoms with Gasteiger partial charge in [-0.1, -0.05) is 36.2 Å². The third-order valence-corrected chi connectivity index (χ3v) is 4.63. The van der Waals surface area contributed by atoms with Crippen molar-refractivity contribution in [3.63, 3.8) is 0 Å². The van der Waals surface area contributed by atoms with Crippen LogP contribution in [0.2, 0.25) is 0 Å². The maximum atomic E-state index is 12.6. The molecule has 0 saturated heterocycles. The summed E-state index contributed by atoms with van der Waals surface area (Å²) in [5.74, 6) is -0.0771. The molecule has 1 N–H and O–H groups in total. The van der Waals surface area contributed by atoms with Gasteiger partial charge in [-0.25, -0.2) is 0 Å². The maximum Gasteiger partial charge on any atom is 0.257 e. The van der Waals surface area contributed by atoms with E-state index in [2.05, 4.69) is 43.4 Å². The van der Waals surface area contributed by atoms with E-state index in [1.54, 1.807) is 0 Å². The number of aryl methyl sites for hydroxylation is 3. The fourth-order valence-corrected chi connectivity index (χ4v) is 3.57.